The van der Waals surface area contributed by atoms with Crippen LogP contribution in [0, 0.1) is 5.82 Å². The van der Waals surface area contributed by atoms with Gasteiger partial charge in [0.15, 0.2) is 5.78 Å². The fourth-order valence-electron chi connectivity index (χ4n) is 4.29. The Labute approximate surface area is 209 Å². The monoisotopic (exact) mass is 489 g/mol. The molecule has 8 heteroatoms. The van der Waals surface area contributed by atoms with Gasteiger partial charge in [-0.15, -0.1) is 0 Å². The Kier molecular flexibility index (Phi) is 7.55. The van der Waals surface area contributed by atoms with Crippen molar-refractivity contribution >= 4 is 17.9 Å². The molecule has 0 unspecified atom stereocenters. The molecule has 0 saturated heterocycles. The first kappa shape index (κ1) is 25.2. The molecule has 0 spiro atoms. The number of aliphatic imine (C=N–C) groups is 1. The number of nitrogens with zero attached hydrogens (tertiary/aromatic N) is 3. The van der Waals surface area contributed by atoms with E-state index in [9.17, 15) is 19.1 Å². The minimum atomic E-state index is -0.560. The molecule has 1 aliphatic heterocycles. The van der Waals surface area contributed by atoms with E-state index in [-0.39, 0.29) is 30.3 Å². The van der Waals surface area contributed by atoms with Crippen molar-refractivity contribution in [2.75, 3.05) is 13.7 Å². The summed E-state index contributed by atoms with van der Waals surface area (Å²) >= 11 is 0. The maximum absolute atomic E-state index is 14.2. The first-order valence-corrected chi connectivity index (χ1v) is 11.8. The number of halogens is 1. The van der Waals surface area contributed by atoms with E-state index in [0.717, 1.165) is 16.7 Å². The fourth-order valence-corrected chi connectivity index (χ4v) is 4.29. The van der Waals surface area contributed by atoms with Crippen LogP contribution in [-0.4, -0.2) is 46.5 Å². The van der Waals surface area contributed by atoms with Crippen LogP contribution >= 0.6 is 0 Å². The standard InChI is InChI=1S/C28H28FN3O4/c1-4-26(34)21-10-17(7-9-24(21)29)20-8-6-18(11-27(20)36-5-2)28(35)32(3)15-19-12-31-25(16-33)23-14-30-13-22(19)23/h6-12,14,33H,4-5,13,15-16H2,1-3H3. The van der Waals surface area contributed by atoms with E-state index in [1.54, 1.807) is 55.5 Å². The second-order valence-corrected chi connectivity index (χ2v) is 8.53. The SMILES string of the molecule is CCOc1cc(C(=O)N(C)Cc2cnc(CO)c3c2CN=C3)ccc1-c1ccc(F)c(C(=O)CC)c1. The summed E-state index contributed by atoms with van der Waals surface area (Å²) in [4.78, 5) is 35.6. The lowest BCUT2D eigenvalue weighted by atomic mass is 9.98. The highest BCUT2D eigenvalue weighted by atomic mass is 19.1. The van der Waals surface area contributed by atoms with Crippen LogP contribution in [0.4, 0.5) is 4.39 Å². The van der Waals surface area contributed by atoms with Crippen molar-refractivity contribution in [3.8, 4) is 16.9 Å². The number of carbonyl (C=O) groups is 2. The summed E-state index contributed by atoms with van der Waals surface area (Å²) in [7, 11) is 1.71. The van der Waals surface area contributed by atoms with Gasteiger partial charge < -0.3 is 14.7 Å². The van der Waals surface area contributed by atoms with Gasteiger partial charge >= 0.3 is 0 Å². The zero-order valence-electron chi connectivity index (χ0n) is 20.5. The van der Waals surface area contributed by atoms with Crippen LogP contribution in [0.2, 0.25) is 0 Å². The first-order chi connectivity index (χ1) is 17.4. The topological polar surface area (TPSA) is 92.1 Å². The number of carbonyl (C=O) groups excluding carboxylic acids is 2. The van der Waals surface area contributed by atoms with Gasteiger partial charge in [-0.25, -0.2) is 4.39 Å². The van der Waals surface area contributed by atoms with Crippen molar-refractivity contribution in [3.05, 3.63) is 81.9 Å². The van der Waals surface area contributed by atoms with Gasteiger partial charge in [-0.1, -0.05) is 13.0 Å². The summed E-state index contributed by atoms with van der Waals surface area (Å²) in [5.41, 5.74) is 5.00. The summed E-state index contributed by atoms with van der Waals surface area (Å²) in [6, 6.07) is 9.52. The molecule has 0 radical (unpaired) electrons. The average molecular weight is 490 g/mol. The highest BCUT2D eigenvalue weighted by Gasteiger charge is 2.21. The van der Waals surface area contributed by atoms with Crippen LogP contribution in [0.3, 0.4) is 0 Å². The van der Waals surface area contributed by atoms with Crippen LogP contribution in [0.1, 0.15) is 63.4 Å². The van der Waals surface area contributed by atoms with Crippen LogP contribution in [0.15, 0.2) is 47.6 Å². The lowest BCUT2D eigenvalue weighted by Gasteiger charge is -2.20. The molecule has 0 atom stereocenters. The number of aliphatic hydroxyl groups excluding tert-OH is 1. The predicted molar refractivity (Wildman–Crippen MR) is 135 cm³/mol. The van der Waals surface area contributed by atoms with Gasteiger partial charge in [0.1, 0.15) is 11.6 Å². The van der Waals surface area contributed by atoms with Crippen LogP contribution in [-0.2, 0) is 19.7 Å². The Morgan fingerprint density at radius 3 is 2.69 bits per heavy atom. The molecule has 36 heavy (non-hydrogen) atoms. The third-order valence-corrected chi connectivity index (χ3v) is 6.20. The van der Waals surface area contributed by atoms with Gasteiger partial charge in [0.05, 0.1) is 31.0 Å². The number of pyridine rings is 1. The van der Waals surface area contributed by atoms with Gasteiger partial charge in [-0.2, -0.15) is 0 Å². The number of amides is 1. The van der Waals surface area contributed by atoms with E-state index < -0.39 is 5.82 Å². The second-order valence-electron chi connectivity index (χ2n) is 8.53. The van der Waals surface area contributed by atoms with Gasteiger partial charge in [-0.05, 0) is 53.9 Å². The molecule has 0 saturated carbocycles. The summed E-state index contributed by atoms with van der Waals surface area (Å²) in [6.45, 7) is 4.55. The molecule has 1 aromatic heterocycles. The molecule has 1 N–H and O–H groups in total. The van der Waals surface area contributed by atoms with Crippen molar-refractivity contribution < 1.29 is 23.8 Å². The molecule has 2 heterocycles. The minimum Gasteiger partial charge on any atom is -0.493 e. The highest BCUT2D eigenvalue weighted by Crippen LogP contribution is 2.33. The third-order valence-electron chi connectivity index (χ3n) is 6.20. The molecule has 0 bridgehead atoms. The number of rotatable bonds is 9. The average Bonchev–Trinajstić information content (AvgIpc) is 3.39. The lowest BCUT2D eigenvalue weighted by molar-refractivity contribution is 0.0784. The first-order valence-electron chi connectivity index (χ1n) is 11.8. The van der Waals surface area contributed by atoms with Gasteiger partial charge in [-0.3, -0.25) is 19.6 Å². The number of ketones is 1. The van der Waals surface area contributed by atoms with Crippen LogP contribution in [0.25, 0.3) is 11.1 Å². The normalized spacial score (nSPS) is 11.9. The van der Waals surface area contributed by atoms with Crippen LogP contribution < -0.4 is 4.74 Å². The number of aromatic nitrogens is 1. The van der Waals surface area contributed by atoms with Gasteiger partial charge in [0.2, 0.25) is 0 Å². The van der Waals surface area contributed by atoms with E-state index in [2.05, 4.69) is 9.98 Å². The van der Waals surface area contributed by atoms with E-state index in [0.29, 0.717) is 47.8 Å². The summed E-state index contributed by atoms with van der Waals surface area (Å²) in [5, 5.41) is 9.52. The predicted octanol–water partition coefficient (Wildman–Crippen LogP) is 4.58. The van der Waals surface area contributed by atoms with Crippen molar-refractivity contribution in [2.24, 2.45) is 4.99 Å². The maximum Gasteiger partial charge on any atom is 0.254 e. The largest absolute Gasteiger partial charge is 0.493 e. The molecule has 4 rings (SSSR count). The van der Waals surface area contributed by atoms with Gasteiger partial charge in [0.25, 0.3) is 5.91 Å². The molecule has 3 aromatic rings. The third kappa shape index (κ3) is 4.90. The fraction of sp³-hybridized carbons (Fsp3) is 0.286. The number of hydrogen-bond acceptors (Lipinski definition) is 6. The van der Waals surface area contributed by atoms with E-state index in [1.807, 2.05) is 6.92 Å². The molecule has 2 aromatic carbocycles. The van der Waals surface area contributed by atoms with Crippen molar-refractivity contribution in [1.82, 2.24) is 9.88 Å². The highest BCUT2D eigenvalue weighted by molar-refractivity contribution is 5.98. The Morgan fingerprint density at radius 1 is 1.17 bits per heavy atom. The minimum absolute atomic E-state index is 0.0367. The lowest BCUT2D eigenvalue weighted by Crippen LogP contribution is -2.27. The smallest absolute Gasteiger partial charge is 0.254 e. The van der Waals surface area contributed by atoms with Crippen molar-refractivity contribution in [1.29, 1.82) is 0 Å². The van der Waals surface area contributed by atoms with Crippen LogP contribution in [0.5, 0.6) is 5.75 Å². The Hall–Kier alpha value is -3.91. The van der Waals surface area contributed by atoms with Crippen molar-refractivity contribution in [2.45, 2.75) is 40.0 Å². The summed E-state index contributed by atoms with van der Waals surface area (Å²) in [6.07, 6.45) is 3.59. The molecular weight excluding hydrogens is 461 g/mol. The second kappa shape index (κ2) is 10.8. The zero-order valence-corrected chi connectivity index (χ0v) is 20.5. The molecule has 0 fully saturated rings. The molecular formula is C28H28FN3O4. The Morgan fingerprint density at radius 2 is 1.97 bits per heavy atom. The molecule has 1 amide bonds. The Bertz CT molecular complexity index is 1350. The molecule has 1 aliphatic rings. The maximum atomic E-state index is 14.2. The summed E-state index contributed by atoms with van der Waals surface area (Å²) in [5.74, 6) is -0.571. The Balaban J connectivity index is 1.62. The quantitative estimate of drug-likeness (QED) is 0.445. The van der Waals surface area contributed by atoms with E-state index >= 15 is 0 Å². The zero-order chi connectivity index (χ0) is 25.8. The molecule has 7 nitrogen and oxygen atoms in total. The summed E-state index contributed by atoms with van der Waals surface area (Å²) < 4.78 is 20.0. The number of Topliss-reactive ketones (excluding diaryl/α,β-unsaturated/α-hetero) is 1. The number of fused-ring (bicyclic) bond motifs is 1. The number of ether oxygens (including phenoxy) is 1. The molecule has 186 valence electrons. The number of hydrogen-bond donors (Lipinski definition) is 1. The van der Waals surface area contributed by atoms with Gasteiger partial charge in [0, 0.05) is 49.1 Å². The van der Waals surface area contributed by atoms with E-state index in [1.165, 1.54) is 12.1 Å². The number of aliphatic hydroxyl groups is 1. The van der Waals surface area contributed by atoms with E-state index in [4.69, 9.17) is 4.74 Å². The number of benzene rings is 2. The van der Waals surface area contributed by atoms with Crippen molar-refractivity contribution in [3.63, 3.8) is 0 Å². The molecule has 0 aliphatic carbocycles.